The minimum absolute atomic E-state index is 0.269. The summed E-state index contributed by atoms with van der Waals surface area (Å²) in [6.45, 7) is 4.40. The van der Waals surface area contributed by atoms with Crippen LogP contribution in [0.3, 0.4) is 0 Å². The van der Waals surface area contributed by atoms with Crippen molar-refractivity contribution in [2.75, 3.05) is 19.3 Å². The van der Waals surface area contributed by atoms with Crippen molar-refractivity contribution in [3.05, 3.63) is 5.69 Å². The first kappa shape index (κ1) is 12.8. The monoisotopic (exact) mass is 275 g/mol. The third-order valence-electron chi connectivity index (χ3n) is 3.18. The Balaban J connectivity index is 2.20. The summed E-state index contributed by atoms with van der Waals surface area (Å²) in [7, 11) is -1.80. The van der Waals surface area contributed by atoms with Gasteiger partial charge in [-0.25, -0.2) is 13.4 Å². The predicted octanol–water partition coefficient (Wildman–Crippen LogP) is 1.31. The van der Waals surface area contributed by atoms with Gasteiger partial charge in [0.05, 0.1) is 5.69 Å². The van der Waals surface area contributed by atoms with E-state index in [4.69, 9.17) is 5.73 Å². The molecule has 0 aliphatic heterocycles. The fourth-order valence-corrected chi connectivity index (χ4v) is 4.58. The van der Waals surface area contributed by atoms with E-state index in [1.54, 1.807) is 14.0 Å². The van der Waals surface area contributed by atoms with E-state index in [2.05, 4.69) is 11.9 Å². The maximum Gasteiger partial charge on any atom is 0.254 e. The predicted molar refractivity (Wildman–Crippen MR) is 68.4 cm³/mol. The van der Waals surface area contributed by atoms with Gasteiger partial charge in [-0.2, -0.15) is 4.31 Å². The van der Waals surface area contributed by atoms with Gasteiger partial charge in [-0.05, 0) is 25.2 Å². The largest absolute Gasteiger partial charge is 0.375 e. The molecule has 5 nitrogen and oxygen atoms in total. The number of hydrogen-bond acceptors (Lipinski definition) is 5. The molecule has 1 fully saturated rings. The molecule has 1 saturated carbocycles. The van der Waals surface area contributed by atoms with Gasteiger partial charge in [-0.3, -0.25) is 0 Å². The number of thiazole rings is 1. The van der Waals surface area contributed by atoms with Crippen molar-refractivity contribution in [3.63, 3.8) is 0 Å². The molecule has 1 aliphatic rings. The molecule has 0 aromatic carbocycles. The number of aryl methyl sites for hydroxylation is 1. The van der Waals surface area contributed by atoms with E-state index in [1.165, 1.54) is 4.31 Å². The van der Waals surface area contributed by atoms with E-state index in [0.717, 1.165) is 17.8 Å². The maximum atomic E-state index is 12.3. The van der Waals surface area contributed by atoms with E-state index >= 15 is 0 Å². The molecule has 96 valence electrons. The molecule has 17 heavy (non-hydrogen) atoms. The van der Waals surface area contributed by atoms with Crippen molar-refractivity contribution in [2.24, 2.45) is 11.8 Å². The van der Waals surface area contributed by atoms with Gasteiger partial charge >= 0.3 is 0 Å². The molecule has 1 heterocycles. The number of rotatable bonds is 4. The number of sulfonamides is 1. The molecule has 2 unspecified atom stereocenters. The molecule has 0 radical (unpaired) electrons. The van der Waals surface area contributed by atoms with Crippen LogP contribution in [-0.2, 0) is 10.0 Å². The maximum absolute atomic E-state index is 12.3. The van der Waals surface area contributed by atoms with Gasteiger partial charge in [-0.1, -0.05) is 18.3 Å². The van der Waals surface area contributed by atoms with Crippen LogP contribution in [0, 0.1) is 18.8 Å². The zero-order valence-electron chi connectivity index (χ0n) is 10.2. The van der Waals surface area contributed by atoms with E-state index in [-0.39, 0.29) is 4.21 Å². The van der Waals surface area contributed by atoms with E-state index < -0.39 is 10.0 Å². The van der Waals surface area contributed by atoms with Crippen molar-refractivity contribution in [2.45, 2.75) is 24.5 Å². The number of nitrogen functional groups attached to an aromatic ring is 1. The summed E-state index contributed by atoms with van der Waals surface area (Å²) in [5.74, 6) is 1.14. The van der Waals surface area contributed by atoms with Crippen molar-refractivity contribution in [1.82, 2.24) is 9.29 Å². The number of aromatic nitrogens is 1. The Bertz CT molecular complexity index is 524. The second-order valence-electron chi connectivity index (χ2n) is 4.68. The van der Waals surface area contributed by atoms with Gasteiger partial charge in [0.1, 0.15) is 0 Å². The van der Waals surface area contributed by atoms with Gasteiger partial charge in [0.25, 0.3) is 10.0 Å². The van der Waals surface area contributed by atoms with Crippen LogP contribution in [0.2, 0.25) is 0 Å². The van der Waals surface area contributed by atoms with E-state index in [9.17, 15) is 8.42 Å². The zero-order chi connectivity index (χ0) is 12.8. The zero-order valence-corrected chi connectivity index (χ0v) is 11.8. The fourth-order valence-electron chi connectivity index (χ4n) is 1.87. The molecular formula is C10H17N3O2S2. The van der Waals surface area contributed by atoms with Crippen LogP contribution in [0.4, 0.5) is 5.13 Å². The summed E-state index contributed by atoms with van der Waals surface area (Å²) in [5, 5.41) is 0.300. The van der Waals surface area contributed by atoms with Crippen LogP contribution in [0.25, 0.3) is 0 Å². The minimum atomic E-state index is -3.42. The van der Waals surface area contributed by atoms with Crippen LogP contribution in [-0.4, -0.2) is 31.3 Å². The van der Waals surface area contributed by atoms with Gasteiger partial charge in [0, 0.05) is 13.6 Å². The highest BCUT2D eigenvalue weighted by Gasteiger charge is 2.37. The highest BCUT2D eigenvalue weighted by atomic mass is 32.2. The lowest BCUT2D eigenvalue weighted by atomic mass is 10.3. The van der Waals surface area contributed by atoms with Crippen LogP contribution >= 0.6 is 11.3 Å². The molecule has 0 amide bonds. The Labute approximate surface area is 106 Å². The molecule has 0 saturated heterocycles. The molecule has 0 bridgehead atoms. The SMILES string of the molecule is Cc1nc(N)sc1S(=O)(=O)N(C)CC1CC1C. The highest BCUT2D eigenvalue weighted by molar-refractivity contribution is 7.91. The minimum Gasteiger partial charge on any atom is -0.375 e. The van der Waals surface area contributed by atoms with Crippen LogP contribution in [0.5, 0.6) is 0 Å². The first-order valence-corrected chi connectivity index (χ1v) is 7.77. The molecule has 1 aliphatic carbocycles. The molecule has 2 rings (SSSR count). The summed E-state index contributed by atoms with van der Waals surface area (Å²) in [4.78, 5) is 3.96. The topological polar surface area (TPSA) is 76.3 Å². The first-order valence-electron chi connectivity index (χ1n) is 5.51. The van der Waals surface area contributed by atoms with E-state index in [1.807, 2.05) is 0 Å². The number of anilines is 1. The Kier molecular flexibility index (Phi) is 3.17. The highest BCUT2D eigenvalue weighted by Crippen LogP contribution is 2.39. The van der Waals surface area contributed by atoms with Crippen LogP contribution in [0.15, 0.2) is 4.21 Å². The molecule has 0 spiro atoms. The molecule has 2 N–H and O–H groups in total. The lowest BCUT2D eigenvalue weighted by Crippen LogP contribution is -2.29. The van der Waals surface area contributed by atoms with Crippen molar-refractivity contribution in [1.29, 1.82) is 0 Å². The molecule has 7 heteroatoms. The van der Waals surface area contributed by atoms with E-state index in [0.29, 0.717) is 29.2 Å². The Hall–Kier alpha value is -0.660. The van der Waals surface area contributed by atoms with Crippen molar-refractivity contribution >= 4 is 26.5 Å². The normalized spacial score (nSPS) is 24.2. The second-order valence-corrected chi connectivity index (χ2v) is 7.95. The third kappa shape index (κ3) is 2.46. The summed E-state index contributed by atoms with van der Waals surface area (Å²) in [5.41, 5.74) is 6.03. The Morgan fingerprint density at radius 1 is 1.59 bits per heavy atom. The second kappa shape index (κ2) is 4.22. The van der Waals surface area contributed by atoms with Crippen LogP contribution in [0.1, 0.15) is 19.0 Å². The Morgan fingerprint density at radius 3 is 2.59 bits per heavy atom. The third-order valence-corrected chi connectivity index (χ3v) is 6.58. The average molecular weight is 275 g/mol. The van der Waals surface area contributed by atoms with Gasteiger partial charge in [0.2, 0.25) is 0 Å². The lowest BCUT2D eigenvalue weighted by molar-refractivity contribution is 0.445. The average Bonchev–Trinajstić information content (AvgIpc) is 2.77. The number of hydrogen-bond donors (Lipinski definition) is 1. The van der Waals surface area contributed by atoms with Gasteiger partial charge < -0.3 is 5.73 Å². The molecule has 2 atom stereocenters. The van der Waals surface area contributed by atoms with Crippen LogP contribution < -0.4 is 5.73 Å². The smallest absolute Gasteiger partial charge is 0.254 e. The van der Waals surface area contributed by atoms with Gasteiger partial charge in [0.15, 0.2) is 9.34 Å². The first-order chi connectivity index (χ1) is 7.82. The fraction of sp³-hybridized carbons (Fsp3) is 0.700. The summed E-state index contributed by atoms with van der Waals surface area (Å²) in [6, 6.07) is 0. The molecule has 1 aromatic rings. The molecule has 1 aromatic heterocycles. The van der Waals surface area contributed by atoms with Gasteiger partial charge in [-0.15, -0.1) is 0 Å². The summed E-state index contributed by atoms with van der Waals surface area (Å²) < 4.78 is 26.2. The molecular weight excluding hydrogens is 258 g/mol. The quantitative estimate of drug-likeness (QED) is 0.899. The Morgan fingerprint density at radius 2 is 2.18 bits per heavy atom. The summed E-state index contributed by atoms with van der Waals surface area (Å²) >= 11 is 1.03. The van der Waals surface area contributed by atoms with Crippen molar-refractivity contribution in [3.8, 4) is 0 Å². The standard InChI is InChI=1S/C10H17N3O2S2/c1-6-4-8(6)5-13(3)17(14,15)9-7(2)12-10(11)16-9/h6,8H,4-5H2,1-3H3,(H2,11,12). The number of nitrogens with zero attached hydrogens (tertiary/aromatic N) is 2. The lowest BCUT2D eigenvalue weighted by Gasteiger charge is -2.15. The summed E-state index contributed by atoms with van der Waals surface area (Å²) in [6.07, 6.45) is 1.11. The number of nitrogens with two attached hydrogens (primary N) is 1. The van der Waals surface area contributed by atoms with Crippen molar-refractivity contribution < 1.29 is 8.42 Å².